The highest BCUT2D eigenvalue weighted by Crippen LogP contribution is 2.50. The van der Waals surface area contributed by atoms with Crippen molar-refractivity contribution < 1.29 is 9.50 Å². The summed E-state index contributed by atoms with van der Waals surface area (Å²) in [5.74, 6) is 0.165. The maximum absolute atomic E-state index is 14.2. The fourth-order valence-electron chi connectivity index (χ4n) is 2.78. The van der Waals surface area contributed by atoms with Crippen LogP contribution in [0.15, 0.2) is 42.5 Å². The summed E-state index contributed by atoms with van der Waals surface area (Å²) >= 11 is 0. The molecule has 2 aromatic carbocycles. The molecule has 0 heterocycles. The van der Waals surface area contributed by atoms with Crippen LogP contribution in [0.3, 0.4) is 0 Å². The molecule has 3 heteroatoms. The van der Waals surface area contributed by atoms with Crippen LogP contribution in [-0.2, 0) is 5.16 Å². The lowest BCUT2D eigenvalue weighted by Crippen LogP contribution is -2.24. The predicted molar refractivity (Wildman–Crippen MR) is 89.5 cm³/mol. The minimum Gasteiger partial charge on any atom is -0.508 e. The predicted octanol–water partition coefficient (Wildman–Crippen LogP) is 4.86. The fourth-order valence-corrected chi connectivity index (χ4v) is 4.44. The lowest BCUT2D eigenvalue weighted by molar-refractivity contribution is 0.448. The highest BCUT2D eigenvalue weighted by molar-refractivity contribution is 7.48. The quantitative estimate of drug-likeness (QED) is 0.782. The molecule has 0 aliphatic rings. The Hall–Kier alpha value is -1.40. The van der Waals surface area contributed by atoms with Crippen molar-refractivity contribution in [1.82, 2.24) is 0 Å². The highest BCUT2D eigenvalue weighted by Gasteiger charge is 2.32. The number of para-hydroxylation sites is 1. The molecule has 0 amide bonds. The second-order valence-electron chi connectivity index (χ2n) is 5.36. The zero-order valence-corrected chi connectivity index (χ0v) is 13.8. The van der Waals surface area contributed by atoms with E-state index in [1.165, 1.54) is 6.07 Å². The minimum absolute atomic E-state index is 0.143. The topological polar surface area (TPSA) is 20.2 Å². The molecule has 0 bridgehead atoms. The van der Waals surface area contributed by atoms with Gasteiger partial charge in [-0.25, -0.2) is 4.39 Å². The summed E-state index contributed by atoms with van der Waals surface area (Å²) in [6, 6.07) is 12.7. The van der Waals surface area contributed by atoms with E-state index < -0.39 is 0 Å². The first kappa shape index (κ1) is 16.0. The molecule has 0 radical (unpaired) electrons. The average Bonchev–Trinajstić information content (AvgIpc) is 2.49. The summed E-state index contributed by atoms with van der Waals surface area (Å²) in [5.41, 5.74) is 1.91. The van der Waals surface area contributed by atoms with Gasteiger partial charge >= 0.3 is 0 Å². The molecule has 2 aromatic rings. The zero-order valence-electron chi connectivity index (χ0n) is 12.8. The van der Waals surface area contributed by atoms with Crippen molar-refractivity contribution in [1.29, 1.82) is 0 Å². The third-order valence-electron chi connectivity index (χ3n) is 4.21. The van der Waals surface area contributed by atoms with Crippen LogP contribution in [0.1, 0.15) is 37.8 Å². The van der Waals surface area contributed by atoms with Gasteiger partial charge in [0, 0.05) is 16.0 Å². The van der Waals surface area contributed by atoms with Gasteiger partial charge in [-0.15, -0.1) is 0 Å². The molecular weight excluding hydrogens is 282 g/mol. The Morgan fingerprint density at radius 1 is 1.05 bits per heavy atom. The molecule has 21 heavy (non-hydrogen) atoms. The molecular formula is C18H22FOP. The lowest BCUT2D eigenvalue weighted by Gasteiger charge is -2.33. The third kappa shape index (κ3) is 3.11. The number of benzene rings is 2. The van der Waals surface area contributed by atoms with Gasteiger partial charge in [0.05, 0.1) is 0 Å². The highest BCUT2D eigenvalue weighted by atomic mass is 31.1. The van der Waals surface area contributed by atoms with Crippen LogP contribution >= 0.6 is 8.58 Å². The first-order chi connectivity index (χ1) is 10.0. The first-order valence-electron chi connectivity index (χ1n) is 7.36. The molecule has 1 nitrogen and oxygen atoms in total. The Morgan fingerprint density at radius 2 is 1.71 bits per heavy atom. The van der Waals surface area contributed by atoms with E-state index in [-0.39, 0.29) is 11.0 Å². The minimum atomic E-state index is -0.210. The molecule has 1 N–H and O–H groups in total. The van der Waals surface area contributed by atoms with E-state index in [4.69, 9.17) is 0 Å². The molecule has 0 aliphatic carbocycles. The second-order valence-corrected chi connectivity index (χ2v) is 7.07. The number of aromatic hydroxyl groups is 1. The third-order valence-corrected chi connectivity index (χ3v) is 6.55. The van der Waals surface area contributed by atoms with Crippen molar-refractivity contribution in [3.63, 3.8) is 0 Å². The number of hydrogen-bond donors (Lipinski definition) is 1. The molecule has 112 valence electrons. The van der Waals surface area contributed by atoms with Gasteiger partial charge in [-0.3, -0.25) is 0 Å². The van der Waals surface area contributed by atoms with Crippen molar-refractivity contribution in [2.45, 2.75) is 38.8 Å². The molecule has 1 atom stereocenters. The van der Waals surface area contributed by atoms with E-state index in [0.717, 1.165) is 29.3 Å². The molecule has 0 saturated carbocycles. The van der Waals surface area contributed by atoms with Crippen LogP contribution in [0.2, 0.25) is 0 Å². The largest absolute Gasteiger partial charge is 0.508 e. The summed E-state index contributed by atoms with van der Waals surface area (Å²) in [6.07, 6.45) is 1.74. The monoisotopic (exact) mass is 304 g/mol. The van der Waals surface area contributed by atoms with Crippen LogP contribution in [0.5, 0.6) is 5.75 Å². The normalized spacial score (nSPS) is 12.2. The molecule has 0 aliphatic heterocycles. The summed E-state index contributed by atoms with van der Waals surface area (Å²) in [7, 11) is 0.302. The number of hydrogen-bond acceptors (Lipinski definition) is 1. The Morgan fingerprint density at radius 3 is 2.29 bits per heavy atom. The van der Waals surface area contributed by atoms with Gasteiger partial charge < -0.3 is 5.11 Å². The average molecular weight is 304 g/mol. The van der Waals surface area contributed by atoms with E-state index in [0.29, 0.717) is 14.3 Å². The molecule has 0 aromatic heterocycles. The SMILES string of the molecule is CCC(CC)(Pc1c(C)cccc1F)c1ccccc1O. The lowest BCUT2D eigenvalue weighted by atomic mass is 9.92. The number of phenols is 1. The van der Waals surface area contributed by atoms with Crippen LogP contribution in [0.4, 0.5) is 4.39 Å². The number of rotatable bonds is 5. The van der Waals surface area contributed by atoms with E-state index in [2.05, 4.69) is 13.8 Å². The number of aryl methyl sites for hydroxylation is 1. The summed E-state index contributed by atoms with van der Waals surface area (Å²) in [4.78, 5) is 0. The number of phenolic OH excluding ortho intramolecular Hbond substituents is 1. The number of halogens is 1. The van der Waals surface area contributed by atoms with Gasteiger partial charge in [-0.1, -0.05) is 52.8 Å². The van der Waals surface area contributed by atoms with E-state index in [9.17, 15) is 9.50 Å². The summed E-state index contributed by atoms with van der Waals surface area (Å²) in [5, 5.41) is 10.8. The maximum Gasteiger partial charge on any atom is 0.130 e. The molecule has 1 unspecified atom stereocenters. The van der Waals surface area contributed by atoms with E-state index >= 15 is 0 Å². The zero-order chi connectivity index (χ0) is 15.5. The summed E-state index contributed by atoms with van der Waals surface area (Å²) in [6.45, 7) is 6.17. The van der Waals surface area contributed by atoms with Crippen LogP contribution < -0.4 is 5.30 Å². The van der Waals surface area contributed by atoms with Gasteiger partial charge in [-0.2, -0.15) is 0 Å². The van der Waals surface area contributed by atoms with Gasteiger partial charge in [0.25, 0.3) is 0 Å². The second kappa shape index (κ2) is 6.58. The Labute approximate surface area is 128 Å². The van der Waals surface area contributed by atoms with Gasteiger partial charge in [0.15, 0.2) is 0 Å². The van der Waals surface area contributed by atoms with Crippen molar-refractivity contribution in [3.8, 4) is 5.75 Å². The van der Waals surface area contributed by atoms with Gasteiger partial charge in [0.2, 0.25) is 0 Å². The van der Waals surface area contributed by atoms with Gasteiger partial charge in [-0.05, 0) is 37.5 Å². The standard InChI is InChI=1S/C18H22FOP/c1-4-18(5-2,14-10-6-7-12-16(14)20)21-17-13(3)9-8-11-15(17)19/h6-12,20-21H,4-5H2,1-3H3. The fraction of sp³-hybridized carbons (Fsp3) is 0.333. The van der Waals surface area contributed by atoms with Crippen molar-refractivity contribution in [3.05, 3.63) is 59.4 Å². The van der Waals surface area contributed by atoms with Crippen molar-refractivity contribution in [2.75, 3.05) is 0 Å². The molecule has 0 fully saturated rings. The molecule has 0 spiro atoms. The van der Waals surface area contributed by atoms with Crippen LogP contribution in [0.25, 0.3) is 0 Å². The Kier molecular flexibility index (Phi) is 5.00. The molecule has 0 saturated heterocycles. The Balaban J connectivity index is 2.51. The summed E-state index contributed by atoms with van der Waals surface area (Å²) < 4.78 is 14.2. The van der Waals surface area contributed by atoms with E-state index in [1.54, 1.807) is 12.1 Å². The van der Waals surface area contributed by atoms with Crippen molar-refractivity contribution in [2.24, 2.45) is 0 Å². The van der Waals surface area contributed by atoms with Crippen LogP contribution in [-0.4, -0.2) is 5.11 Å². The molecule has 2 rings (SSSR count). The maximum atomic E-state index is 14.2. The Bertz CT molecular complexity index is 600. The van der Waals surface area contributed by atoms with Crippen LogP contribution in [0, 0.1) is 12.7 Å². The smallest absolute Gasteiger partial charge is 0.130 e. The van der Waals surface area contributed by atoms with Gasteiger partial charge in [0.1, 0.15) is 11.6 Å². The van der Waals surface area contributed by atoms with Crippen molar-refractivity contribution >= 4 is 13.9 Å². The van der Waals surface area contributed by atoms with E-state index in [1.807, 2.05) is 31.2 Å². The first-order valence-corrected chi connectivity index (χ1v) is 8.36.